The third-order valence-electron chi connectivity index (χ3n) is 2.04. The highest BCUT2D eigenvalue weighted by molar-refractivity contribution is 7.98. The summed E-state index contributed by atoms with van der Waals surface area (Å²) >= 11 is 1.43. The number of nitrogens with one attached hydrogen (secondary N) is 2. The lowest BCUT2D eigenvalue weighted by Gasteiger charge is -2.18. The predicted octanol–water partition coefficient (Wildman–Crippen LogP) is 1.13. The molecule has 0 aromatic rings. The molecule has 0 aliphatic carbocycles. The Morgan fingerprint density at radius 2 is 1.95 bits per heavy atom. The molecule has 0 spiro atoms. The highest BCUT2D eigenvalue weighted by Gasteiger charge is 2.22. The fourth-order valence-electron chi connectivity index (χ4n) is 1.12. The molecule has 2 N–H and O–H groups in total. The van der Waals surface area contributed by atoms with E-state index in [0.717, 1.165) is 0 Å². The lowest BCUT2D eigenvalue weighted by atomic mass is 10.2. The van der Waals surface area contributed by atoms with E-state index in [0.29, 0.717) is 12.4 Å². The molecule has 0 aliphatic heterocycles. The first kappa shape index (κ1) is 17.6. The smallest absolute Gasteiger partial charge is 0.407 e. The molecule has 0 rings (SSSR count). The largest absolute Gasteiger partial charge is 0.449 e. The van der Waals surface area contributed by atoms with Gasteiger partial charge in [-0.3, -0.25) is 4.79 Å². The Hall–Kier alpha value is -1.42. The molecular formula is C12H21N3O3S. The standard InChI is InChI=1S/C12H21N3O3S/c1-8(2)6-18-12(17)15-10(7-19-4)11(16)14-9(3)5-13/h8-10H,6-7H2,1-4H3,(H,14,16)(H,15,17). The number of ether oxygens (including phenoxy) is 1. The summed E-state index contributed by atoms with van der Waals surface area (Å²) < 4.78 is 4.96. The van der Waals surface area contributed by atoms with Gasteiger partial charge in [-0.25, -0.2) is 4.79 Å². The fraction of sp³-hybridized carbons (Fsp3) is 0.750. The van der Waals surface area contributed by atoms with Crippen molar-refractivity contribution in [2.75, 3.05) is 18.6 Å². The Kier molecular flexibility index (Phi) is 8.79. The fourth-order valence-corrected chi connectivity index (χ4v) is 1.69. The highest BCUT2D eigenvalue weighted by atomic mass is 32.2. The lowest BCUT2D eigenvalue weighted by molar-refractivity contribution is -0.122. The number of thioether (sulfide) groups is 1. The Morgan fingerprint density at radius 1 is 1.32 bits per heavy atom. The number of alkyl carbamates (subject to hydrolysis) is 1. The molecule has 0 fully saturated rings. The van der Waals surface area contributed by atoms with Gasteiger partial charge in [0.25, 0.3) is 0 Å². The van der Waals surface area contributed by atoms with Gasteiger partial charge in [-0.15, -0.1) is 0 Å². The highest BCUT2D eigenvalue weighted by Crippen LogP contribution is 2.00. The minimum absolute atomic E-state index is 0.234. The molecule has 0 aromatic heterocycles. The molecule has 0 aliphatic rings. The van der Waals surface area contributed by atoms with Crippen molar-refractivity contribution in [1.82, 2.24) is 10.6 Å². The number of carbonyl (C=O) groups excluding carboxylic acids is 2. The van der Waals surface area contributed by atoms with Crippen LogP contribution >= 0.6 is 11.8 Å². The van der Waals surface area contributed by atoms with Crippen molar-refractivity contribution in [3.05, 3.63) is 0 Å². The normalized spacial score (nSPS) is 13.3. The van der Waals surface area contributed by atoms with Crippen molar-refractivity contribution in [2.24, 2.45) is 5.92 Å². The van der Waals surface area contributed by atoms with Gasteiger partial charge in [-0.05, 0) is 19.1 Å². The van der Waals surface area contributed by atoms with Gasteiger partial charge in [0.05, 0.1) is 12.7 Å². The third-order valence-corrected chi connectivity index (χ3v) is 2.71. The molecular weight excluding hydrogens is 266 g/mol. The van der Waals surface area contributed by atoms with Crippen LogP contribution in [0.5, 0.6) is 0 Å². The average Bonchev–Trinajstić information content (AvgIpc) is 2.35. The molecule has 2 atom stereocenters. The Balaban J connectivity index is 4.35. The van der Waals surface area contributed by atoms with Crippen LogP contribution < -0.4 is 10.6 Å². The quantitative estimate of drug-likeness (QED) is 0.732. The maximum absolute atomic E-state index is 11.8. The topological polar surface area (TPSA) is 91.2 Å². The molecule has 0 bridgehead atoms. The van der Waals surface area contributed by atoms with Crippen LogP contribution in [0.15, 0.2) is 0 Å². The van der Waals surface area contributed by atoms with Crippen LogP contribution in [-0.2, 0) is 9.53 Å². The summed E-state index contributed by atoms with van der Waals surface area (Å²) in [5.41, 5.74) is 0. The van der Waals surface area contributed by atoms with E-state index in [-0.39, 0.29) is 11.8 Å². The van der Waals surface area contributed by atoms with Gasteiger partial charge < -0.3 is 15.4 Å². The minimum atomic E-state index is -0.703. The summed E-state index contributed by atoms with van der Waals surface area (Å²) in [6, 6.07) is 0.608. The van der Waals surface area contributed by atoms with Crippen LogP contribution in [0.4, 0.5) is 4.79 Å². The molecule has 0 radical (unpaired) electrons. The van der Waals surface area contributed by atoms with E-state index in [9.17, 15) is 9.59 Å². The van der Waals surface area contributed by atoms with E-state index in [1.54, 1.807) is 6.92 Å². The van der Waals surface area contributed by atoms with Gasteiger partial charge in [-0.1, -0.05) is 13.8 Å². The number of amides is 2. The van der Waals surface area contributed by atoms with E-state index in [1.165, 1.54) is 11.8 Å². The van der Waals surface area contributed by atoms with Crippen LogP contribution in [0.25, 0.3) is 0 Å². The van der Waals surface area contributed by atoms with E-state index >= 15 is 0 Å². The zero-order valence-corrected chi connectivity index (χ0v) is 12.5. The Bertz CT molecular complexity index is 342. The predicted molar refractivity (Wildman–Crippen MR) is 74.7 cm³/mol. The van der Waals surface area contributed by atoms with Gasteiger partial charge in [0.1, 0.15) is 12.1 Å². The minimum Gasteiger partial charge on any atom is -0.449 e. The second-order valence-electron chi connectivity index (χ2n) is 4.50. The molecule has 19 heavy (non-hydrogen) atoms. The number of nitrogens with zero attached hydrogens (tertiary/aromatic N) is 1. The molecule has 0 saturated heterocycles. The van der Waals surface area contributed by atoms with Crippen molar-refractivity contribution < 1.29 is 14.3 Å². The molecule has 7 heteroatoms. The Morgan fingerprint density at radius 3 is 2.42 bits per heavy atom. The van der Waals surface area contributed by atoms with Crippen molar-refractivity contribution in [3.63, 3.8) is 0 Å². The summed E-state index contributed by atoms with van der Waals surface area (Å²) in [5, 5.41) is 13.6. The average molecular weight is 287 g/mol. The number of nitriles is 1. The summed E-state index contributed by atoms with van der Waals surface area (Å²) in [4.78, 5) is 23.3. The number of carbonyl (C=O) groups is 2. The molecule has 2 amide bonds. The van der Waals surface area contributed by atoms with Crippen LogP contribution in [0, 0.1) is 17.2 Å². The van der Waals surface area contributed by atoms with Gasteiger partial charge in [0.2, 0.25) is 5.91 Å². The van der Waals surface area contributed by atoms with Crippen LogP contribution in [0.3, 0.4) is 0 Å². The first-order chi connectivity index (χ1) is 8.90. The molecule has 2 unspecified atom stereocenters. The van der Waals surface area contributed by atoms with Crippen LogP contribution in [-0.4, -0.2) is 42.7 Å². The first-order valence-corrected chi connectivity index (χ1v) is 7.42. The monoisotopic (exact) mass is 287 g/mol. The maximum atomic E-state index is 11.8. The second kappa shape index (κ2) is 9.50. The van der Waals surface area contributed by atoms with Crippen LogP contribution in [0.2, 0.25) is 0 Å². The van der Waals surface area contributed by atoms with E-state index in [1.807, 2.05) is 26.2 Å². The van der Waals surface area contributed by atoms with Gasteiger partial charge in [-0.2, -0.15) is 17.0 Å². The molecule has 0 saturated carbocycles. The SMILES string of the molecule is CSCC(NC(=O)OCC(C)C)C(=O)NC(C)C#N. The summed E-state index contributed by atoms with van der Waals surface area (Å²) in [7, 11) is 0. The van der Waals surface area contributed by atoms with E-state index in [4.69, 9.17) is 10.00 Å². The second-order valence-corrected chi connectivity index (χ2v) is 5.41. The van der Waals surface area contributed by atoms with Gasteiger partial charge in [0.15, 0.2) is 0 Å². The lowest BCUT2D eigenvalue weighted by Crippen LogP contribution is -2.50. The number of hydrogen-bond acceptors (Lipinski definition) is 5. The number of hydrogen-bond donors (Lipinski definition) is 2. The van der Waals surface area contributed by atoms with Crippen molar-refractivity contribution in [1.29, 1.82) is 5.26 Å². The van der Waals surface area contributed by atoms with Crippen molar-refractivity contribution in [3.8, 4) is 6.07 Å². The zero-order valence-electron chi connectivity index (χ0n) is 11.7. The van der Waals surface area contributed by atoms with Crippen molar-refractivity contribution >= 4 is 23.8 Å². The Labute approximate surface area is 118 Å². The third kappa shape index (κ3) is 8.32. The summed E-state index contributed by atoms with van der Waals surface area (Å²) in [6.07, 6.45) is 1.21. The molecule has 0 aromatic carbocycles. The zero-order chi connectivity index (χ0) is 14.8. The molecule has 6 nitrogen and oxygen atoms in total. The maximum Gasteiger partial charge on any atom is 0.407 e. The van der Waals surface area contributed by atoms with E-state index < -0.39 is 18.2 Å². The molecule has 108 valence electrons. The van der Waals surface area contributed by atoms with Gasteiger partial charge >= 0.3 is 6.09 Å². The van der Waals surface area contributed by atoms with Crippen molar-refractivity contribution in [2.45, 2.75) is 32.9 Å². The van der Waals surface area contributed by atoms with E-state index in [2.05, 4.69) is 10.6 Å². The van der Waals surface area contributed by atoms with Gasteiger partial charge in [0, 0.05) is 5.75 Å². The number of rotatable bonds is 7. The molecule has 0 heterocycles. The summed E-state index contributed by atoms with van der Waals surface area (Å²) in [6.45, 7) is 5.72. The summed E-state index contributed by atoms with van der Waals surface area (Å²) in [5.74, 6) is 0.267. The van der Waals surface area contributed by atoms with Crippen LogP contribution in [0.1, 0.15) is 20.8 Å². The first-order valence-electron chi connectivity index (χ1n) is 6.02.